The molecule has 1 atom stereocenters. The molecule has 1 nitrogen and oxygen atoms in total. The molecule has 2 rings (SSSR count). The van der Waals surface area contributed by atoms with Crippen molar-refractivity contribution in [2.45, 2.75) is 19.4 Å². The van der Waals surface area contributed by atoms with Gasteiger partial charge in [0.2, 0.25) is 0 Å². The van der Waals surface area contributed by atoms with Gasteiger partial charge in [0, 0.05) is 20.9 Å². The molecule has 0 radical (unpaired) electrons. The molecular formula is C13H13ClINS. The van der Waals surface area contributed by atoms with Crippen LogP contribution in [0.25, 0.3) is 0 Å². The Morgan fingerprint density at radius 2 is 2.12 bits per heavy atom. The Balaban J connectivity index is 2.20. The van der Waals surface area contributed by atoms with Crippen molar-refractivity contribution >= 4 is 45.5 Å². The third-order valence-electron chi connectivity index (χ3n) is 2.67. The van der Waals surface area contributed by atoms with E-state index in [9.17, 15) is 0 Å². The van der Waals surface area contributed by atoms with Gasteiger partial charge in [-0.2, -0.15) is 0 Å². The minimum atomic E-state index is 0.0384. The fourth-order valence-electron chi connectivity index (χ4n) is 1.74. The maximum absolute atomic E-state index is 6.26. The van der Waals surface area contributed by atoms with Crippen molar-refractivity contribution in [3.8, 4) is 0 Å². The van der Waals surface area contributed by atoms with Crippen LogP contribution < -0.4 is 5.73 Å². The van der Waals surface area contributed by atoms with Crippen LogP contribution in [0.15, 0.2) is 30.3 Å². The van der Waals surface area contributed by atoms with Crippen LogP contribution >= 0.6 is 45.5 Å². The zero-order valence-electron chi connectivity index (χ0n) is 9.41. The third kappa shape index (κ3) is 3.22. The highest BCUT2D eigenvalue weighted by Crippen LogP contribution is 2.28. The van der Waals surface area contributed by atoms with E-state index in [1.165, 1.54) is 19.6 Å². The number of hydrogen-bond donors (Lipinski definition) is 1. The van der Waals surface area contributed by atoms with E-state index in [-0.39, 0.29) is 6.04 Å². The molecular weight excluding hydrogens is 365 g/mol. The summed E-state index contributed by atoms with van der Waals surface area (Å²) < 4.78 is 2.09. The molecule has 0 aliphatic carbocycles. The molecule has 90 valence electrons. The minimum absolute atomic E-state index is 0.0384. The van der Waals surface area contributed by atoms with Crippen LogP contribution in [0, 0.1) is 10.5 Å². The van der Waals surface area contributed by atoms with Crippen LogP contribution in [0.4, 0.5) is 0 Å². The summed E-state index contributed by atoms with van der Waals surface area (Å²) in [6, 6.07) is 10.3. The van der Waals surface area contributed by atoms with E-state index < -0.39 is 0 Å². The van der Waals surface area contributed by atoms with E-state index in [4.69, 9.17) is 17.3 Å². The summed E-state index contributed by atoms with van der Waals surface area (Å²) in [5.41, 5.74) is 8.76. The van der Waals surface area contributed by atoms with E-state index in [0.717, 1.165) is 10.8 Å². The molecule has 1 aromatic carbocycles. The fourth-order valence-corrected chi connectivity index (χ4v) is 3.65. The van der Waals surface area contributed by atoms with Crippen molar-refractivity contribution < 1.29 is 0 Å². The second kappa shape index (κ2) is 5.69. The number of rotatable bonds is 3. The Bertz CT molecular complexity index is 524. The van der Waals surface area contributed by atoms with Gasteiger partial charge in [0.15, 0.2) is 0 Å². The Hall–Kier alpha value is -0.100. The van der Waals surface area contributed by atoms with E-state index in [1.807, 2.05) is 6.07 Å². The third-order valence-corrected chi connectivity index (χ3v) is 5.40. The average Bonchev–Trinajstić information content (AvgIpc) is 2.68. The summed E-state index contributed by atoms with van der Waals surface area (Å²) in [4.78, 5) is 1.24. The molecule has 2 N–H and O–H groups in total. The van der Waals surface area contributed by atoms with Gasteiger partial charge in [-0.1, -0.05) is 29.8 Å². The zero-order chi connectivity index (χ0) is 12.4. The molecule has 0 bridgehead atoms. The second-order valence-corrected chi connectivity index (χ2v) is 6.87. The second-order valence-electron chi connectivity index (χ2n) is 3.99. The molecule has 0 fully saturated rings. The van der Waals surface area contributed by atoms with Crippen molar-refractivity contribution in [3.05, 3.63) is 54.2 Å². The predicted octanol–water partition coefficient (Wildman–Crippen LogP) is 4.56. The van der Waals surface area contributed by atoms with Crippen molar-refractivity contribution in [1.82, 2.24) is 0 Å². The van der Waals surface area contributed by atoms with Crippen LogP contribution in [0.5, 0.6) is 0 Å². The minimum Gasteiger partial charge on any atom is -0.324 e. The highest BCUT2D eigenvalue weighted by atomic mass is 127. The number of hydrogen-bond acceptors (Lipinski definition) is 2. The first kappa shape index (κ1) is 13.3. The van der Waals surface area contributed by atoms with Gasteiger partial charge in [-0.3, -0.25) is 0 Å². The Morgan fingerprint density at radius 3 is 2.76 bits per heavy atom. The summed E-state index contributed by atoms with van der Waals surface area (Å²) in [6.07, 6.45) is 0.844. The summed E-state index contributed by atoms with van der Waals surface area (Å²) in [5, 5.41) is 0. The van der Waals surface area contributed by atoms with Gasteiger partial charge in [-0.25, -0.2) is 0 Å². The zero-order valence-corrected chi connectivity index (χ0v) is 13.1. The topological polar surface area (TPSA) is 26.0 Å². The summed E-state index contributed by atoms with van der Waals surface area (Å²) in [6.45, 7) is 2.11. The lowest BCUT2D eigenvalue weighted by Gasteiger charge is -2.14. The highest BCUT2D eigenvalue weighted by molar-refractivity contribution is 14.1. The molecule has 0 aliphatic rings. The fraction of sp³-hybridized carbons (Fsp3) is 0.231. The van der Waals surface area contributed by atoms with Crippen molar-refractivity contribution in [2.24, 2.45) is 5.73 Å². The van der Waals surface area contributed by atoms with Crippen LogP contribution in [-0.2, 0) is 6.42 Å². The van der Waals surface area contributed by atoms with Crippen molar-refractivity contribution in [2.75, 3.05) is 0 Å². The maximum Gasteiger partial charge on any atom is 0.0931 e. The maximum atomic E-state index is 6.26. The molecule has 0 spiro atoms. The van der Waals surface area contributed by atoms with Crippen LogP contribution in [0.1, 0.15) is 22.0 Å². The normalized spacial score (nSPS) is 12.7. The van der Waals surface area contributed by atoms with Gasteiger partial charge in [0.1, 0.15) is 0 Å². The summed E-state index contributed by atoms with van der Waals surface area (Å²) in [5.74, 6) is 0. The van der Waals surface area contributed by atoms with E-state index in [0.29, 0.717) is 0 Å². The summed E-state index contributed by atoms with van der Waals surface area (Å²) >= 11 is 9.89. The van der Waals surface area contributed by atoms with Crippen LogP contribution in [0.3, 0.4) is 0 Å². The number of thiophene rings is 1. The van der Waals surface area contributed by atoms with E-state index in [1.54, 1.807) is 11.3 Å². The monoisotopic (exact) mass is 377 g/mol. The Kier molecular flexibility index (Phi) is 4.47. The number of nitrogens with two attached hydrogens (primary N) is 1. The summed E-state index contributed by atoms with van der Waals surface area (Å²) in [7, 11) is 0. The van der Waals surface area contributed by atoms with Gasteiger partial charge in [0.05, 0.1) is 4.34 Å². The smallest absolute Gasteiger partial charge is 0.0931 e. The van der Waals surface area contributed by atoms with E-state index >= 15 is 0 Å². The Morgan fingerprint density at radius 1 is 1.35 bits per heavy atom. The lowest BCUT2D eigenvalue weighted by molar-refractivity contribution is 0.725. The Labute approximate surface area is 124 Å². The van der Waals surface area contributed by atoms with Crippen LogP contribution in [0.2, 0.25) is 4.34 Å². The van der Waals surface area contributed by atoms with Crippen molar-refractivity contribution in [1.29, 1.82) is 0 Å². The highest BCUT2D eigenvalue weighted by Gasteiger charge is 2.12. The lowest BCUT2D eigenvalue weighted by atomic mass is 10.0. The molecule has 0 saturated heterocycles. The molecule has 0 amide bonds. The molecule has 1 heterocycles. The molecule has 0 saturated carbocycles. The SMILES string of the molecule is Cc1cccc(C(N)Cc2ccc(Cl)s2)c1I. The number of aryl methyl sites for hydroxylation is 1. The molecule has 17 heavy (non-hydrogen) atoms. The van der Waals surface area contributed by atoms with Gasteiger partial charge in [-0.05, 0) is 52.8 Å². The average molecular weight is 378 g/mol. The van der Waals surface area contributed by atoms with Gasteiger partial charge in [0.25, 0.3) is 0 Å². The predicted molar refractivity (Wildman–Crippen MR) is 83.9 cm³/mol. The van der Waals surface area contributed by atoms with Crippen LogP contribution in [-0.4, -0.2) is 0 Å². The standard InChI is InChI=1S/C13H13ClINS/c1-8-3-2-4-10(13(8)15)11(16)7-9-5-6-12(14)17-9/h2-6,11H,7,16H2,1H3. The van der Waals surface area contributed by atoms with E-state index in [2.05, 4.69) is 53.8 Å². The molecule has 1 aromatic heterocycles. The number of benzene rings is 1. The van der Waals surface area contributed by atoms with Crippen molar-refractivity contribution in [3.63, 3.8) is 0 Å². The molecule has 2 aromatic rings. The quantitative estimate of drug-likeness (QED) is 0.780. The number of halogens is 2. The van der Waals surface area contributed by atoms with Gasteiger partial charge in [-0.15, -0.1) is 11.3 Å². The molecule has 1 unspecified atom stereocenters. The first-order valence-electron chi connectivity index (χ1n) is 5.32. The van der Waals surface area contributed by atoms with Gasteiger partial charge < -0.3 is 5.73 Å². The first-order chi connectivity index (χ1) is 8.08. The molecule has 0 aliphatic heterocycles. The largest absolute Gasteiger partial charge is 0.324 e. The molecule has 4 heteroatoms. The van der Waals surface area contributed by atoms with Gasteiger partial charge >= 0.3 is 0 Å². The lowest BCUT2D eigenvalue weighted by Crippen LogP contribution is -2.14. The first-order valence-corrected chi connectivity index (χ1v) is 7.60.